The third-order valence-electron chi connectivity index (χ3n) is 3.90. The molecular weight excluding hydrogens is 374 g/mol. The number of fused-ring (bicyclic) bond motifs is 1. The fourth-order valence-corrected chi connectivity index (χ4v) is 4.07. The zero-order valence-corrected chi connectivity index (χ0v) is 17.1. The number of aryl methyl sites for hydroxylation is 2. The van der Waals surface area contributed by atoms with Crippen LogP contribution < -0.4 is 10.9 Å². The Morgan fingerprint density at radius 2 is 2.04 bits per heavy atom. The van der Waals surface area contributed by atoms with E-state index in [4.69, 9.17) is 4.74 Å². The first-order valence-corrected chi connectivity index (χ1v) is 10.2. The molecule has 0 aliphatic carbocycles. The lowest BCUT2D eigenvalue weighted by Crippen LogP contribution is -2.37. The number of rotatable bonds is 7. The lowest BCUT2D eigenvalue weighted by Gasteiger charge is -2.16. The first-order chi connectivity index (χ1) is 12.2. The van der Waals surface area contributed by atoms with Crippen molar-refractivity contribution in [3.63, 3.8) is 0 Å². The van der Waals surface area contributed by atoms with Gasteiger partial charge in [-0.3, -0.25) is 14.4 Å². The molecule has 2 aromatic rings. The normalized spacial score (nSPS) is 13.4. The van der Waals surface area contributed by atoms with Gasteiger partial charge in [0.25, 0.3) is 11.5 Å². The molecule has 0 aliphatic rings. The number of hydrogen-bond donors (Lipinski definition) is 2. The standard InChI is InChI=1S/C17H23N3O4S2/c1-6-18-14(21)9(3)24-17(23)11(5)25-7-12-19-15(22)13-8(2)10(4)26-16(13)20-12/h9,11H,6-7H2,1-5H3,(H,18,21)(H,19,20,22)/t9-,11-/m1/s1. The van der Waals surface area contributed by atoms with Gasteiger partial charge in [0.05, 0.1) is 11.1 Å². The van der Waals surface area contributed by atoms with Crippen molar-refractivity contribution >= 4 is 45.2 Å². The maximum absolute atomic E-state index is 12.3. The van der Waals surface area contributed by atoms with Crippen molar-refractivity contribution < 1.29 is 14.3 Å². The number of nitrogens with zero attached hydrogens (tertiary/aromatic N) is 1. The van der Waals surface area contributed by atoms with E-state index < -0.39 is 17.3 Å². The van der Waals surface area contributed by atoms with E-state index in [-0.39, 0.29) is 11.5 Å². The summed E-state index contributed by atoms with van der Waals surface area (Å²) in [4.78, 5) is 45.0. The summed E-state index contributed by atoms with van der Waals surface area (Å²) < 4.78 is 5.17. The topological polar surface area (TPSA) is 101 Å². The Hall–Kier alpha value is -1.87. The Morgan fingerprint density at radius 1 is 1.35 bits per heavy atom. The van der Waals surface area contributed by atoms with Crippen molar-refractivity contribution in [2.24, 2.45) is 0 Å². The molecule has 2 rings (SSSR count). The fourth-order valence-electron chi connectivity index (χ4n) is 2.28. The van der Waals surface area contributed by atoms with Gasteiger partial charge in [-0.1, -0.05) is 0 Å². The number of aromatic amines is 1. The number of aromatic nitrogens is 2. The molecule has 0 unspecified atom stereocenters. The lowest BCUT2D eigenvalue weighted by molar-refractivity contribution is -0.153. The highest BCUT2D eigenvalue weighted by atomic mass is 32.2. The first kappa shape index (κ1) is 20.4. The molecule has 0 saturated carbocycles. The molecule has 9 heteroatoms. The van der Waals surface area contributed by atoms with E-state index in [1.165, 1.54) is 30.0 Å². The van der Waals surface area contributed by atoms with E-state index in [9.17, 15) is 14.4 Å². The third kappa shape index (κ3) is 4.64. The van der Waals surface area contributed by atoms with Crippen LogP contribution in [-0.4, -0.2) is 39.7 Å². The SMILES string of the molecule is CCNC(=O)[C@@H](C)OC(=O)[C@@H](C)SCc1nc2sc(C)c(C)c2c(=O)[nH]1. The number of hydrogen-bond acceptors (Lipinski definition) is 7. The highest BCUT2D eigenvalue weighted by Crippen LogP contribution is 2.26. The number of H-pyrrole nitrogens is 1. The van der Waals surface area contributed by atoms with Gasteiger partial charge in [-0.25, -0.2) is 4.98 Å². The zero-order chi connectivity index (χ0) is 19.4. The minimum Gasteiger partial charge on any atom is -0.452 e. The number of amides is 1. The van der Waals surface area contributed by atoms with Crippen LogP contribution in [0, 0.1) is 13.8 Å². The predicted molar refractivity (Wildman–Crippen MR) is 105 cm³/mol. The monoisotopic (exact) mass is 397 g/mol. The van der Waals surface area contributed by atoms with E-state index in [0.29, 0.717) is 28.3 Å². The van der Waals surface area contributed by atoms with Gasteiger partial charge in [0.15, 0.2) is 6.10 Å². The van der Waals surface area contributed by atoms with Crippen molar-refractivity contribution in [3.8, 4) is 0 Å². The average Bonchev–Trinajstić information content (AvgIpc) is 2.87. The molecular formula is C17H23N3O4S2. The molecule has 0 aliphatic heterocycles. The predicted octanol–water partition coefficient (Wildman–Crippen LogP) is 2.29. The van der Waals surface area contributed by atoms with E-state index in [1.54, 1.807) is 13.8 Å². The van der Waals surface area contributed by atoms with Gasteiger partial charge in [0.2, 0.25) is 0 Å². The smallest absolute Gasteiger partial charge is 0.319 e. The second-order valence-electron chi connectivity index (χ2n) is 5.90. The van der Waals surface area contributed by atoms with Gasteiger partial charge < -0.3 is 15.0 Å². The molecule has 2 heterocycles. The molecule has 0 fully saturated rings. The molecule has 0 bridgehead atoms. The molecule has 0 spiro atoms. The Kier molecular flexibility index (Phi) is 6.82. The Bertz CT molecular complexity index is 875. The van der Waals surface area contributed by atoms with Crippen LogP contribution in [-0.2, 0) is 20.1 Å². The summed E-state index contributed by atoms with van der Waals surface area (Å²) >= 11 is 2.79. The van der Waals surface area contributed by atoms with Crippen LogP contribution in [0.3, 0.4) is 0 Å². The Balaban J connectivity index is 1.99. The van der Waals surface area contributed by atoms with Gasteiger partial charge >= 0.3 is 5.97 Å². The summed E-state index contributed by atoms with van der Waals surface area (Å²) in [5.41, 5.74) is 0.793. The van der Waals surface area contributed by atoms with Crippen molar-refractivity contribution in [1.82, 2.24) is 15.3 Å². The maximum atomic E-state index is 12.3. The molecule has 2 aromatic heterocycles. The zero-order valence-electron chi connectivity index (χ0n) is 15.5. The maximum Gasteiger partial charge on any atom is 0.319 e. The summed E-state index contributed by atoms with van der Waals surface area (Å²) in [6.45, 7) is 9.39. The second-order valence-corrected chi connectivity index (χ2v) is 8.44. The number of ether oxygens (including phenoxy) is 1. The molecule has 142 valence electrons. The van der Waals surface area contributed by atoms with E-state index in [2.05, 4.69) is 15.3 Å². The van der Waals surface area contributed by atoms with Gasteiger partial charge in [0, 0.05) is 11.4 Å². The molecule has 1 amide bonds. The number of likely N-dealkylation sites (N-methyl/N-ethyl adjacent to an activating group) is 1. The summed E-state index contributed by atoms with van der Waals surface area (Å²) in [6, 6.07) is 0. The number of nitrogens with one attached hydrogen (secondary N) is 2. The summed E-state index contributed by atoms with van der Waals surface area (Å²) in [6.07, 6.45) is -0.836. The first-order valence-electron chi connectivity index (χ1n) is 8.33. The molecule has 26 heavy (non-hydrogen) atoms. The van der Waals surface area contributed by atoms with Crippen molar-refractivity contribution in [3.05, 3.63) is 26.6 Å². The van der Waals surface area contributed by atoms with Gasteiger partial charge in [-0.15, -0.1) is 23.1 Å². The van der Waals surface area contributed by atoms with Crippen LogP contribution >= 0.6 is 23.1 Å². The molecule has 2 atom stereocenters. The van der Waals surface area contributed by atoms with Crippen molar-refractivity contribution in [2.45, 2.75) is 51.7 Å². The average molecular weight is 398 g/mol. The number of thioether (sulfide) groups is 1. The van der Waals surface area contributed by atoms with Crippen molar-refractivity contribution in [2.75, 3.05) is 6.54 Å². The van der Waals surface area contributed by atoms with Crippen molar-refractivity contribution in [1.29, 1.82) is 0 Å². The number of carbonyl (C=O) groups excluding carboxylic acids is 2. The molecule has 2 N–H and O–H groups in total. The number of carbonyl (C=O) groups is 2. The van der Waals surface area contributed by atoms with Gasteiger partial charge in [0.1, 0.15) is 15.9 Å². The van der Waals surface area contributed by atoms with E-state index in [1.807, 2.05) is 13.8 Å². The number of esters is 1. The summed E-state index contributed by atoms with van der Waals surface area (Å²) in [5, 5.41) is 2.75. The molecule has 0 radical (unpaired) electrons. The van der Waals surface area contributed by atoms with Gasteiger partial charge in [-0.2, -0.15) is 0 Å². The molecule has 0 saturated heterocycles. The quantitative estimate of drug-likeness (QED) is 0.695. The lowest BCUT2D eigenvalue weighted by atomic mass is 10.2. The highest BCUT2D eigenvalue weighted by molar-refractivity contribution is 7.99. The number of thiophene rings is 1. The minimum absolute atomic E-state index is 0.160. The third-order valence-corrected chi connectivity index (χ3v) is 6.14. The summed E-state index contributed by atoms with van der Waals surface area (Å²) in [5.74, 6) is 0.0931. The largest absolute Gasteiger partial charge is 0.452 e. The Labute approximate surface area is 159 Å². The molecule has 7 nitrogen and oxygen atoms in total. The fraction of sp³-hybridized carbons (Fsp3) is 0.529. The van der Waals surface area contributed by atoms with Crippen LogP contribution in [0.15, 0.2) is 4.79 Å². The van der Waals surface area contributed by atoms with Crippen LogP contribution in [0.5, 0.6) is 0 Å². The van der Waals surface area contributed by atoms with Crippen LogP contribution in [0.25, 0.3) is 10.2 Å². The van der Waals surface area contributed by atoms with E-state index in [0.717, 1.165) is 10.4 Å². The highest BCUT2D eigenvalue weighted by Gasteiger charge is 2.22. The van der Waals surface area contributed by atoms with Crippen LogP contribution in [0.2, 0.25) is 0 Å². The van der Waals surface area contributed by atoms with Crippen LogP contribution in [0.1, 0.15) is 37.0 Å². The van der Waals surface area contributed by atoms with Gasteiger partial charge in [-0.05, 0) is 40.2 Å². The second kappa shape index (κ2) is 8.68. The van der Waals surface area contributed by atoms with Crippen LogP contribution in [0.4, 0.5) is 0 Å². The Morgan fingerprint density at radius 3 is 2.69 bits per heavy atom. The summed E-state index contributed by atoms with van der Waals surface area (Å²) in [7, 11) is 0. The van der Waals surface area contributed by atoms with E-state index >= 15 is 0 Å². The molecule has 0 aromatic carbocycles. The minimum atomic E-state index is -0.836.